The third-order valence-corrected chi connectivity index (χ3v) is 5.35. The summed E-state index contributed by atoms with van der Waals surface area (Å²) in [7, 11) is 0. The van der Waals surface area contributed by atoms with Gasteiger partial charge in [-0.1, -0.05) is 39.0 Å². The second kappa shape index (κ2) is 13.6. The summed E-state index contributed by atoms with van der Waals surface area (Å²) in [5.74, 6) is 0.332. The number of hydrogen-bond donors (Lipinski definition) is 0. The number of esters is 2. The van der Waals surface area contributed by atoms with Crippen LogP contribution in [0.15, 0.2) is 72.8 Å². The van der Waals surface area contributed by atoms with E-state index < -0.39 is 11.9 Å². The van der Waals surface area contributed by atoms with Gasteiger partial charge in [0.15, 0.2) is 0 Å². The van der Waals surface area contributed by atoms with Crippen molar-refractivity contribution in [2.24, 2.45) is 0 Å². The standard InChI is InChI=1S/C29H29NO5/c1-2-3-4-5-6-7-20-33-25-14-12-24(13-15-25)29(32)35-27-18-16-26(17-19-27)34-28(31)23-10-8-22(21-30)9-11-23/h8-19H,2-7,20H2,1H3. The first kappa shape index (κ1) is 25.5. The Morgan fingerprint density at radius 3 is 1.63 bits per heavy atom. The molecule has 0 amide bonds. The van der Waals surface area contributed by atoms with Crippen LogP contribution in [0.1, 0.15) is 71.7 Å². The summed E-state index contributed by atoms with van der Waals surface area (Å²) in [6, 6.07) is 21.2. The Morgan fingerprint density at radius 2 is 1.11 bits per heavy atom. The Labute approximate surface area is 206 Å². The van der Waals surface area contributed by atoms with Gasteiger partial charge in [-0.3, -0.25) is 0 Å². The number of unbranched alkanes of at least 4 members (excludes halogenated alkanes) is 5. The van der Waals surface area contributed by atoms with Crippen LogP contribution < -0.4 is 14.2 Å². The average molecular weight is 472 g/mol. The van der Waals surface area contributed by atoms with Gasteiger partial charge >= 0.3 is 11.9 Å². The van der Waals surface area contributed by atoms with E-state index in [1.54, 1.807) is 60.7 Å². The number of benzene rings is 3. The molecule has 0 radical (unpaired) electrons. The van der Waals surface area contributed by atoms with Crippen molar-refractivity contribution < 1.29 is 23.8 Å². The quantitative estimate of drug-likeness (QED) is 0.165. The topological polar surface area (TPSA) is 85.6 Å². The normalized spacial score (nSPS) is 10.3. The van der Waals surface area contributed by atoms with Gasteiger partial charge in [0.2, 0.25) is 0 Å². The highest BCUT2D eigenvalue weighted by Gasteiger charge is 2.11. The van der Waals surface area contributed by atoms with E-state index in [0.717, 1.165) is 18.6 Å². The number of ether oxygens (including phenoxy) is 3. The van der Waals surface area contributed by atoms with Crippen LogP contribution in [0, 0.1) is 11.3 Å². The molecular formula is C29H29NO5. The summed E-state index contributed by atoms with van der Waals surface area (Å²) in [5.41, 5.74) is 1.20. The van der Waals surface area contributed by atoms with E-state index in [9.17, 15) is 9.59 Å². The minimum absolute atomic E-state index is 0.311. The zero-order valence-corrected chi connectivity index (χ0v) is 19.9. The molecule has 6 heteroatoms. The number of nitrogens with zero attached hydrogens (tertiary/aromatic N) is 1. The molecule has 0 bridgehead atoms. The molecule has 0 aliphatic rings. The average Bonchev–Trinajstić information content (AvgIpc) is 2.89. The van der Waals surface area contributed by atoms with Crippen LogP contribution in [0.2, 0.25) is 0 Å². The minimum atomic E-state index is -0.543. The first-order valence-corrected chi connectivity index (χ1v) is 11.9. The van der Waals surface area contributed by atoms with E-state index >= 15 is 0 Å². The Kier molecular flexibility index (Phi) is 9.89. The SMILES string of the molecule is CCCCCCCCOc1ccc(C(=O)Oc2ccc(OC(=O)c3ccc(C#N)cc3)cc2)cc1. The molecule has 0 spiro atoms. The highest BCUT2D eigenvalue weighted by atomic mass is 16.5. The van der Waals surface area contributed by atoms with Gasteiger partial charge in [0.1, 0.15) is 17.2 Å². The molecular weight excluding hydrogens is 442 g/mol. The lowest BCUT2D eigenvalue weighted by Gasteiger charge is -2.08. The molecule has 0 saturated carbocycles. The molecule has 0 fully saturated rings. The van der Waals surface area contributed by atoms with Gasteiger partial charge in [0.05, 0.1) is 29.4 Å². The Balaban J connectivity index is 1.44. The van der Waals surface area contributed by atoms with Gasteiger partial charge < -0.3 is 14.2 Å². The van der Waals surface area contributed by atoms with Gasteiger partial charge in [0, 0.05) is 0 Å². The summed E-state index contributed by atoms with van der Waals surface area (Å²) in [4.78, 5) is 24.7. The van der Waals surface area contributed by atoms with E-state index in [1.165, 1.54) is 37.8 Å². The molecule has 3 aromatic carbocycles. The van der Waals surface area contributed by atoms with Gasteiger partial charge in [0.25, 0.3) is 0 Å². The predicted octanol–water partition coefficient (Wildman–Crippen LogP) is 6.74. The number of carbonyl (C=O) groups excluding carboxylic acids is 2. The maximum Gasteiger partial charge on any atom is 0.343 e. The maximum atomic E-state index is 12.4. The molecule has 3 rings (SSSR count). The first-order valence-electron chi connectivity index (χ1n) is 11.9. The lowest BCUT2D eigenvalue weighted by molar-refractivity contribution is 0.0719. The number of nitriles is 1. The Hall–Kier alpha value is -4.11. The van der Waals surface area contributed by atoms with E-state index in [2.05, 4.69) is 6.92 Å². The molecule has 0 aliphatic carbocycles. The third-order valence-electron chi connectivity index (χ3n) is 5.35. The molecule has 0 atom stereocenters. The third kappa shape index (κ3) is 8.31. The summed E-state index contributed by atoms with van der Waals surface area (Å²) in [6.45, 7) is 2.87. The van der Waals surface area contributed by atoms with E-state index in [1.807, 2.05) is 6.07 Å². The molecule has 0 unspecified atom stereocenters. The summed E-state index contributed by atoms with van der Waals surface area (Å²) in [6.07, 6.45) is 7.23. The fourth-order valence-electron chi connectivity index (χ4n) is 3.35. The van der Waals surface area contributed by atoms with Crippen LogP contribution in [0.25, 0.3) is 0 Å². The van der Waals surface area contributed by atoms with Crippen molar-refractivity contribution in [1.29, 1.82) is 5.26 Å². The highest BCUT2D eigenvalue weighted by molar-refractivity contribution is 5.92. The van der Waals surface area contributed by atoms with Gasteiger partial charge in [-0.2, -0.15) is 5.26 Å². The van der Waals surface area contributed by atoms with Crippen LogP contribution >= 0.6 is 0 Å². The molecule has 180 valence electrons. The van der Waals surface area contributed by atoms with Gasteiger partial charge in [-0.15, -0.1) is 0 Å². The number of carbonyl (C=O) groups is 2. The predicted molar refractivity (Wildman–Crippen MR) is 133 cm³/mol. The van der Waals surface area contributed by atoms with E-state index in [4.69, 9.17) is 19.5 Å². The fraction of sp³-hybridized carbons (Fsp3) is 0.276. The molecule has 3 aromatic rings. The number of hydrogen-bond acceptors (Lipinski definition) is 6. The number of rotatable bonds is 12. The maximum absolute atomic E-state index is 12.4. The molecule has 0 N–H and O–H groups in total. The zero-order valence-electron chi connectivity index (χ0n) is 19.9. The summed E-state index contributed by atoms with van der Waals surface area (Å²) >= 11 is 0. The molecule has 35 heavy (non-hydrogen) atoms. The second-order valence-corrected chi connectivity index (χ2v) is 8.08. The van der Waals surface area contributed by atoms with Gasteiger partial charge in [-0.25, -0.2) is 9.59 Å². The van der Waals surface area contributed by atoms with Crippen molar-refractivity contribution >= 4 is 11.9 Å². The van der Waals surface area contributed by atoms with Crippen molar-refractivity contribution in [2.45, 2.75) is 45.4 Å². The smallest absolute Gasteiger partial charge is 0.343 e. The van der Waals surface area contributed by atoms with Crippen LogP contribution in [0.5, 0.6) is 17.2 Å². The van der Waals surface area contributed by atoms with Crippen molar-refractivity contribution in [3.05, 3.63) is 89.5 Å². The van der Waals surface area contributed by atoms with E-state index in [-0.39, 0.29) is 0 Å². The Bertz CT molecular complexity index is 1130. The summed E-state index contributed by atoms with van der Waals surface area (Å²) < 4.78 is 16.5. The van der Waals surface area contributed by atoms with Gasteiger partial charge in [-0.05, 0) is 79.2 Å². The first-order chi connectivity index (χ1) is 17.1. The van der Waals surface area contributed by atoms with Crippen LogP contribution in [-0.2, 0) is 0 Å². The van der Waals surface area contributed by atoms with Crippen molar-refractivity contribution in [2.75, 3.05) is 6.61 Å². The van der Waals surface area contributed by atoms with Crippen molar-refractivity contribution in [3.8, 4) is 23.3 Å². The van der Waals surface area contributed by atoms with Crippen molar-refractivity contribution in [3.63, 3.8) is 0 Å². The van der Waals surface area contributed by atoms with Crippen molar-refractivity contribution in [1.82, 2.24) is 0 Å². The monoisotopic (exact) mass is 471 g/mol. The van der Waals surface area contributed by atoms with E-state index in [0.29, 0.717) is 34.8 Å². The van der Waals surface area contributed by atoms with Crippen LogP contribution in [0.4, 0.5) is 0 Å². The lowest BCUT2D eigenvalue weighted by atomic mass is 10.1. The molecule has 6 nitrogen and oxygen atoms in total. The largest absolute Gasteiger partial charge is 0.494 e. The van der Waals surface area contributed by atoms with Crippen LogP contribution in [-0.4, -0.2) is 18.5 Å². The molecule has 0 heterocycles. The zero-order chi connectivity index (χ0) is 24.9. The fourth-order valence-corrected chi connectivity index (χ4v) is 3.35. The molecule has 0 aromatic heterocycles. The molecule has 0 aliphatic heterocycles. The highest BCUT2D eigenvalue weighted by Crippen LogP contribution is 2.21. The molecule has 0 saturated heterocycles. The Morgan fingerprint density at radius 1 is 0.657 bits per heavy atom. The van der Waals surface area contributed by atoms with Crippen LogP contribution in [0.3, 0.4) is 0 Å². The summed E-state index contributed by atoms with van der Waals surface area (Å²) in [5, 5.41) is 8.84. The second-order valence-electron chi connectivity index (χ2n) is 8.08. The lowest BCUT2D eigenvalue weighted by Crippen LogP contribution is -2.09. The minimum Gasteiger partial charge on any atom is -0.494 e.